The van der Waals surface area contributed by atoms with E-state index in [0.717, 1.165) is 5.56 Å². The minimum Gasteiger partial charge on any atom is -0.366 e. The van der Waals surface area contributed by atoms with Crippen molar-refractivity contribution in [2.75, 3.05) is 11.9 Å². The molecule has 0 saturated heterocycles. The van der Waals surface area contributed by atoms with Crippen LogP contribution in [0.2, 0.25) is 0 Å². The predicted molar refractivity (Wildman–Crippen MR) is 71.5 cm³/mol. The molecule has 0 saturated carbocycles. The number of carbonyl (C=O) groups is 2. The summed E-state index contributed by atoms with van der Waals surface area (Å²) in [6.07, 6.45) is 0. The van der Waals surface area contributed by atoms with Gasteiger partial charge in [-0.25, -0.2) is 0 Å². The molecule has 0 bridgehead atoms. The van der Waals surface area contributed by atoms with Crippen LogP contribution in [-0.4, -0.2) is 24.4 Å². The molecular formula is C13H19N3O2. The minimum atomic E-state index is -0.475. The van der Waals surface area contributed by atoms with Crippen molar-refractivity contribution in [3.63, 3.8) is 0 Å². The lowest BCUT2D eigenvalue weighted by Gasteiger charge is -2.11. The molecule has 0 unspecified atom stereocenters. The highest BCUT2D eigenvalue weighted by Gasteiger charge is 2.07. The third kappa shape index (κ3) is 4.18. The summed E-state index contributed by atoms with van der Waals surface area (Å²) in [6, 6.07) is 5.20. The van der Waals surface area contributed by atoms with Crippen molar-refractivity contribution in [1.82, 2.24) is 5.32 Å². The van der Waals surface area contributed by atoms with Crippen LogP contribution in [0.25, 0.3) is 0 Å². The summed E-state index contributed by atoms with van der Waals surface area (Å²) < 4.78 is 0. The highest BCUT2D eigenvalue weighted by molar-refractivity contribution is 5.96. The van der Waals surface area contributed by atoms with E-state index in [-0.39, 0.29) is 18.5 Å². The van der Waals surface area contributed by atoms with Gasteiger partial charge in [0.25, 0.3) is 0 Å². The Morgan fingerprint density at radius 3 is 2.50 bits per heavy atom. The van der Waals surface area contributed by atoms with Gasteiger partial charge in [-0.2, -0.15) is 0 Å². The number of amides is 2. The van der Waals surface area contributed by atoms with Gasteiger partial charge in [-0.05, 0) is 30.7 Å². The normalized spacial score (nSPS) is 10.4. The second-order valence-electron chi connectivity index (χ2n) is 4.48. The molecule has 0 atom stereocenters. The maximum absolute atomic E-state index is 11.6. The Hall–Kier alpha value is -1.88. The summed E-state index contributed by atoms with van der Waals surface area (Å²) >= 11 is 0. The number of aryl methyl sites for hydroxylation is 1. The smallest absolute Gasteiger partial charge is 0.248 e. The van der Waals surface area contributed by atoms with Gasteiger partial charge >= 0.3 is 0 Å². The Labute approximate surface area is 107 Å². The van der Waals surface area contributed by atoms with Gasteiger partial charge in [0.15, 0.2) is 0 Å². The molecule has 0 aliphatic rings. The number of rotatable bonds is 5. The third-order valence-corrected chi connectivity index (χ3v) is 2.46. The van der Waals surface area contributed by atoms with E-state index >= 15 is 0 Å². The molecule has 0 heterocycles. The number of hydrogen-bond donors (Lipinski definition) is 3. The summed E-state index contributed by atoms with van der Waals surface area (Å²) in [5.74, 6) is -0.587. The van der Waals surface area contributed by atoms with Gasteiger partial charge in [0, 0.05) is 17.3 Å². The van der Waals surface area contributed by atoms with Crippen LogP contribution < -0.4 is 16.4 Å². The van der Waals surface area contributed by atoms with Gasteiger partial charge in [0.1, 0.15) is 0 Å². The summed E-state index contributed by atoms with van der Waals surface area (Å²) in [5, 5.41) is 5.81. The zero-order valence-corrected chi connectivity index (χ0v) is 10.9. The second kappa shape index (κ2) is 6.16. The Balaban J connectivity index is 2.68. The largest absolute Gasteiger partial charge is 0.366 e. The number of benzene rings is 1. The lowest BCUT2D eigenvalue weighted by molar-refractivity contribution is -0.115. The summed E-state index contributed by atoms with van der Waals surface area (Å²) in [6.45, 7) is 6.02. The van der Waals surface area contributed by atoms with Crippen molar-refractivity contribution >= 4 is 17.5 Å². The highest BCUT2D eigenvalue weighted by Crippen LogP contribution is 2.16. The molecular weight excluding hydrogens is 230 g/mol. The lowest BCUT2D eigenvalue weighted by Crippen LogP contribution is -2.32. The van der Waals surface area contributed by atoms with Gasteiger partial charge < -0.3 is 16.4 Å². The molecule has 5 nitrogen and oxygen atoms in total. The zero-order valence-electron chi connectivity index (χ0n) is 10.9. The van der Waals surface area contributed by atoms with Crippen molar-refractivity contribution in [2.45, 2.75) is 26.8 Å². The average molecular weight is 249 g/mol. The second-order valence-corrected chi connectivity index (χ2v) is 4.48. The van der Waals surface area contributed by atoms with Crippen LogP contribution in [0.5, 0.6) is 0 Å². The van der Waals surface area contributed by atoms with E-state index in [9.17, 15) is 9.59 Å². The number of carbonyl (C=O) groups excluding carboxylic acids is 2. The number of anilines is 1. The summed E-state index contributed by atoms with van der Waals surface area (Å²) in [5.41, 5.74) is 7.11. The molecule has 2 amide bonds. The average Bonchev–Trinajstić information content (AvgIpc) is 2.29. The number of primary amides is 1. The Kier molecular flexibility index (Phi) is 4.85. The fourth-order valence-electron chi connectivity index (χ4n) is 1.45. The Morgan fingerprint density at radius 2 is 2.00 bits per heavy atom. The molecule has 1 rings (SSSR count). The number of nitrogens with one attached hydrogen (secondary N) is 2. The number of hydrogen-bond acceptors (Lipinski definition) is 3. The van der Waals surface area contributed by atoms with Gasteiger partial charge in [-0.1, -0.05) is 13.8 Å². The van der Waals surface area contributed by atoms with E-state index in [1.807, 2.05) is 20.8 Å². The molecule has 0 radical (unpaired) electrons. The predicted octanol–water partition coefficient (Wildman–Crippen LogP) is 1.03. The van der Waals surface area contributed by atoms with E-state index in [1.54, 1.807) is 18.2 Å². The molecule has 0 aliphatic heterocycles. The first-order valence-electron chi connectivity index (χ1n) is 5.84. The van der Waals surface area contributed by atoms with Crippen molar-refractivity contribution in [1.29, 1.82) is 0 Å². The molecule has 18 heavy (non-hydrogen) atoms. The molecule has 98 valence electrons. The van der Waals surface area contributed by atoms with Gasteiger partial charge in [0.05, 0.1) is 6.54 Å². The van der Waals surface area contributed by atoms with E-state index in [4.69, 9.17) is 5.73 Å². The fraction of sp³-hybridized carbons (Fsp3) is 0.385. The van der Waals surface area contributed by atoms with Crippen molar-refractivity contribution in [3.05, 3.63) is 29.3 Å². The first-order chi connectivity index (χ1) is 8.40. The van der Waals surface area contributed by atoms with Crippen LogP contribution in [0.3, 0.4) is 0 Å². The fourth-order valence-corrected chi connectivity index (χ4v) is 1.45. The van der Waals surface area contributed by atoms with Crippen LogP contribution in [0.4, 0.5) is 5.69 Å². The maximum atomic E-state index is 11.6. The topological polar surface area (TPSA) is 84.2 Å². The highest BCUT2D eigenvalue weighted by atomic mass is 16.2. The van der Waals surface area contributed by atoms with Crippen LogP contribution in [0.15, 0.2) is 18.2 Å². The molecule has 4 N–H and O–H groups in total. The van der Waals surface area contributed by atoms with E-state index in [0.29, 0.717) is 11.3 Å². The van der Waals surface area contributed by atoms with Crippen LogP contribution in [0.1, 0.15) is 29.8 Å². The van der Waals surface area contributed by atoms with E-state index in [1.165, 1.54) is 0 Å². The first kappa shape index (κ1) is 14.2. The van der Waals surface area contributed by atoms with Crippen LogP contribution in [0, 0.1) is 6.92 Å². The van der Waals surface area contributed by atoms with E-state index in [2.05, 4.69) is 10.6 Å². The summed E-state index contributed by atoms with van der Waals surface area (Å²) in [7, 11) is 0. The Bertz CT molecular complexity index is 456. The molecule has 0 aliphatic carbocycles. The molecule has 1 aromatic rings. The lowest BCUT2D eigenvalue weighted by atomic mass is 10.1. The SMILES string of the molecule is Cc1cc(C(N)=O)ccc1NC(=O)CNC(C)C. The van der Waals surface area contributed by atoms with E-state index < -0.39 is 5.91 Å². The van der Waals surface area contributed by atoms with Crippen LogP contribution >= 0.6 is 0 Å². The van der Waals surface area contributed by atoms with Gasteiger partial charge in [-0.15, -0.1) is 0 Å². The number of nitrogens with two attached hydrogens (primary N) is 1. The van der Waals surface area contributed by atoms with Crippen molar-refractivity contribution in [3.8, 4) is 0 Å². The molecule has 1 aromatic carbocycles. The third-order valence-electron chi connectivity index (χ3n) is 2.46. The first-order valence-corrected chi connectivity index (χ1v) is 5.84. The van der Waals surface area contributed by atoms with Crippen LogP contribution in [-0.2, 0) is 4.79 Å². The molecule has 5 heteroatoms. The van der Waals surface area contributed by atoms with Gasteiger partial charge in [0.2, 0.25) is 11.8 Å². The molecule has 0 aromatic heterocycles. The summed E-state index contributed by atoms with van der Waals surface area (Å²) in [4.78, 5) is 22.6. The quantitative estimate of drug-likeness (QED) is 0.728. The molecule has 0 fully saturated rings. The van der Waals surface area contributed by atoms with Crippen molar-refractivity contribution < 1.29 is 9.59 Å². The zero-order chi connectivity index (χ0) is 13.7. The monoisotopic (exact) mass is 249 g/mol. The van der Waals surface area contributed by atoms with Crippen molar-refractivity contribution in [2.24, 2.45) is 5.73 Å². The minimum absolute atomic E-state index is 0.112. The molecule has 0 spiro atoms. The van der Waals surface area contributed by atoms with Gasteiger partial charge in [-0.3, -0.25) is 9.59 Å². The standard InChI is InChI=1S/C13H19N3O2/c1-8(2)15-7-12(17)16-11-5-4-10(13(14)18)6-9(11)3/h4-6,8,15H,7H2,1-3H3,(H2,14,18)(H,16,17). The maximum Gasteiger partial charge on any atom is 0.248 e. The Morgan fingerprint density at radius 1 is 1.33 bits per heavy atom.